The van der Waals surface area contributed by atoms with E-state index in [2.05, 4.69) is 26.9 Å². The smallest absolute Gasteiger partial charge is 0.457 e. The van der Waals surface area contributed by atoms with Crippen molar-refractivity contribution >= 4 is 26.9 Å². The number of nitrogens with zero attached hydrogens (tertiary/aromatic N) is 6. The van der Waals surface area contributed by atoms with Crippen molar-refractivity contribution in [2.75, 3.05) is 39.0 Å². The molecule has 15 heteroatoms. The van der Waals surface area contributed by atoms with E-state index >= 15 is 0 Å². The third kappa shape index (κ3) is 6.76. The first kappa shape index (κ1) is 31.2. The molecule has 0 unspecified atom stereocenters. The Kier molecular flexibility index (Phi) is 8.70. The molecular formula is C30H35F3N8O3S. The maximum absolute atomic E-state index is 12.8. The van der Waals surface area contributed by atoms with Crippen molar-refractivity contribution in [3.63, 3.8) is 0 Å². The fourth-order valence-electron chi connectivity index (χ4n) is 6.03. The van der Waals surface area contributed by atoms with E-state index in [-0.39, 0.29) is 17.4 Å². The van der Waals surface area contributed by atoms with Crippen molar-refractivity contribution in [1.29, 1.82) is 0 Å². The van der Waals surface area contributed by atoms with Crippen molar-refractivity contribution in [1.82, 2.24) is 34.3 Å². The largest absolute Gasteiger partial charge is 0.511 e. The van der Waals surface area contributed by atoms with Crippen molar-refractivity contribution in [3.05, 3.63) is 60.3 Å². The number of nitrogen functional groups attached to an aromatic ring is 1. The van der Waals surface area contributed by atoms with Crippen molar-refractivity contribution < 1.29 is 26.3 Å². The van der Waals surface area contributed by atoms with Crippen molar-refractivity contribution in [2.24, 2.45) is 0 Å². The van der Waals surface area contributed by atoms with Gasteiger partial charge in [0.25, 0.3) is 0 Å². The highest BCUT2D eigenvalue weighted by molar-refractivity contribution is 7.90. The Morgan fingerprint density at radius 3 is 2.42 bits per heavy atom. The van der Waals surface area contributed by atoms with Crippen LogP contribution in [0.1, 0.15) is 37.3 Å². The number of halogens is 3. The van der Waals surface area contributed by atoms with Gasteiger partial charge in [-0.2, -0.15) is 18.3 Å². The van der Waals surface area contributed by atoms with E-state index in [1.807, 2.05) is 4.68 Å². The monoisotopic (exact) mass is 644 g/mol. The maximum Gasteiger partial charge on any atom is 0.511 e. The summed E-state index contributed by atoms with van der Waals surface area (Å²) in [5.41, 5.74) is 2.45. The average molecular weight is 645 g/mol. The number of aromatic nitrogens is 4. The Morgan fingerprint density at radius 2 is 1.69 bits per heavy atom. The molecule has 0 radical (unpaired) electrons. The molecule has 2 aliphatic rings. The van der Waals surface area contributed by atoms with E-state index in [4.69, 9.17) is 15.5 Å². The Bertz CT molecular complexity index is 1770. The second-order valence-corrected chi connectivity index (χ2v) is 13.3. The minimum atomic E-state index is -5.51. The van der Waals surface area contributed by atoms with Crippen LogP contribution in [0.15, 0.2) is 54.7 Å². The van der Waals surface area contributed by atoms with Crippen LogP contribution in [0.2, 0.25) is 0 Å². The highest BCUT2D eigenvalue weighted by atomic mass is 32.2. The van der Waals surface area contributed by atoms with Crippen LogP contribution in [0.25, 0.3) is 22.4 Å². The summed E-state index contributed by atoms with van der Waals surface area (Å²) in [7, 11) is -3.34. The summed E-state index contributed by atoms with van der Waals surface area (Å²) in [6, 6.07) is 13.9. The Balaban J connectivity index is 1.19. The summed E-state index contributed by atoms with van der Waals surface area (Å²) in [4.78, 5) is 14.4. The lowest BCUT2D eigenvalue weighted by atomic mass is 9.90. The molecule has 1 aliphatic heterocycles. The second-order valence-electron chi connectivity index (χ2n) is 11.6. The Hall–Kier alpha value is -3.79. The van der Waals surface area contributed by atoms with E-state index < -0.39 is 22.1 Å². The molecule has 2 fully saturated rings. The molecule has 11 nitrogen and oxygen atoms in total. The van der Waals surface area contributed by atoms with Crippen LogP contribution in [0.4, 0.5) is 19.0 Å². The first-order valence-corrected chi connectivity index (χ1v) is 16.3. The zero-order valence-corrected chi connectivity index (χ0v) is 25.6. The maximum atomic E-state index is 12.8. The van der Waals surface area contributed by atoms with Crippen molar-refractivity contribution in [2.45, 2.75) is 49.8 Å². The third-order valence-corrected chi connectivity index (χ3v) is 9.73. The quantitative estimate of drug-likeness (QED) is 0.284. The Labute approximate surface area is 259 Å². The van der Waals surface area contributed by atoms with E-state index in [9.17, 15) is 21.6 Å². The summed E-state index contributed by atoms with van der Waals surface area (Å²) >= 11 is 0. The fraction of sp³-hybridized carbons (Fsp3) is 0.433. The summed E-state index contributed by atoms with van der Waals surface area (Å²) in [5.74, 6) is 1.24. The van der Waals surface area contributed by atoms with E-state index in [1.165, 1.54) is 6.07 Å². The summed E-state index contributed by atoms with van der Waals surface area (Å²) in [5, 5.41) is 5.35. The molecule has 1 aliphatic carbocycles. The van der Waals surface area contributed by atoms with Gasteiger partial charge >= 0.3 is 15.5 Å². The van der Waals surface area contributed by atoms with Gasteiger partial charge in [0.15, 0.2) is 11.5 Å². The van der Waals surface area contributed by atoms with Crippen LogP contribution in [-0.4, -0.2) is 82.7 Å². The molecule has 2 aromatic heterocycles. The summed E-state index contributed by atoms with van der Waals surface area (Å²) in [6.07, 6.45) is 5.90. The number of nitrogens with two attached hydrogens (primary N) is 1. The number of nitrogens with one attached hydrogen (secondary N) is 1. The van der Waals surface area contributed by atoms with Gasteiger partial charge in [-0.3, -0.25) is 4.90 Å². The molecule has 0 bridgehead atoms. The number of piperazine rings is 1. The first-order valence-electron chi connectivity index (χ1n) is 14.8. The topological polar surface area (TPSA) is 132 Å². The SMILES string of the molecule is CN1CCN(C2CCC(n3ncc4c(N)nc(-c5cccc(Oc6ccccc6CNS(=O)(=O)C(F)(F)F)c5)nc43)CC2)CC1. The number of benzene rings is 2. The van der Waals surface area contributed by atoms with Crippen LogP contribution in [0.3, 0.4) is 0 Å². The van der Waals surface area contributed by atoms with E-state index in [0.29, 0.717) is 40.0 Å². The average Bonchev–Trinajstić information content (AvgIpc) is 3.45. The standard InChI is InChI=1S/C30H35F3N8O3S/c1-39-13-15-40(16-14-39)22-9-11-23(12-10-22)41-29-25(19-35-41)27(34)37-28(38-29)20-6-4-7-24(17-20)44-26-8-3-2-5-21(26)18-36-45(42,43)30(31,32)33/h2-8,17,19,22-23,36H,9-16,18H2,1H3,(H2,34,37,38). The lowest BCUT2D eigenvalue weighted by Gasteiger charge is -2.41. The number of para-hydroxylation sites is 1. The molecule has 240 valence electrons. The van der Waals surface area contributed by atoms with Gasteiger partial charge in [-0.1, -0.05) is 30.3 Å². The number of fused-ring (bicyclic) bond motifs is 1. The van der Waals surface area contributed by atoms with Gasteiger partial charge in [0, 0.05) is 49.9 Å². The molecule has 0 amide bonds. The number of likely N-dealkylation sites (N-methyl/N-ethyl adjacent to an activating group) is 1. The van der Waals surface area contributed by atoms with E-state index in [1.54, 1.807) is 53.4 Å². The predicted octanol–water partition coefficient (Wildman–Crippen LogP) is 4.54. The van der Waals surface area contributed by atoms with Gasteiger partial charge in [-0.25, -0.2) is 27.8 Å². The van der Waals surface area contributed by atoms with Crippen LogP contribution in [-0.2, 0) is 16.6 Å². The highest BCUT2D eigenvalue weighted by Crippen LogP contribution is 2.35. The van der Waals surface area contributed by atoms with Gasteiger partial charge in [-0.05, 0) is 50.9 Å². The van der Waals surface area contributed by atoms with Gasteiger partial charge in [0.2, 0.25) is 0 Å². The molecule has 1 saturated carbocycles. The third-order valence-electron chi connectivity index (χ3n) is 8.60. The summed E-state index contributed by atoms with van der Waals surface area (Å²) < 4.78 is 71.0. The fourth-order valence-corrected chi connectivity index (χ4v) is 6.54. The molecule has 1 saturated heterocycles. The first-order chi connectivity index (χ1) is 21.5. The van der Waals surface area contributed by atoms with E-state index in [0.717, 1.165) is 51.9 Å². The van der Waals surface area contributed by atoms with Gasteiger partial charge < -0.3 is 15.4 Å². The molecule has 4 aromatic rings. The minimum absolute atomic E-state index is 0.195. The second kappa shape index (κ2) is 12.5. The zero-order chi connectivity index (χ0) is 31.8. The lowest BCUT2D eigenvalue weighted by molar-refractivity contribution is -0.0448. The number of rotatable bonds is 8. The Morgan fingerprint density at radius 1 is 0.978 bits per heavy atom. The summed E-state index contributed by atoms with van der Waals surface area (Å²) in [6.45, 7) is 3.81. The van der Waals surface area contributed by atoms with Gasteiger partial charge in [0.05, 0.1) is 17.6 Å². The number of anilines is 1. The number of hydrogen-bond acceptors (Lipinski definition) is 9. The predicted molar refractivity (Wildman–Crippen MR) is 164 cm³/mol. The molecule has 0 atom stereocenters. The zero-order valence-electron chi connectivity index (χ0n) is 24.7. The molecule has 45 heavy (non-hydrogen) atoms. The van der Waals surface area contributed by atoms with Crippen LogP contribution in [0.5, 0.6) is 11.5 Å². The normalized spacial score (nSPS) is 20.4. The molecule has 6 rings (SSSR count). The van der Waals surface area contributed by atoms with Gasteiger partial charge in [0.1, 0.15) is 17.3 Å². The number of alkyl halides is 3. The lowest BCUT2D eigenvalue weighted by Crippen LogP contribution is -2.49. The number of sulfonamides is 1. The van der Waals surface area contributed by atoms with Crippen LogP contribution >= 0.6 is 0 Å². The molecule has 2 aromatic carbocycles. The minimum Gasteiger partial charge on any atom is -0.457 e. The van der Waals surface area contributed by atoms with Crippen molar-refractivity contribution in [3.8, 4) is 22.9 Å². The molecule has 3 N–H and O–H groups in total. The molecule has 0 spiro atoms. The van der Waals surface area contributed by atoms with Crippen LogP contribution in [0, 0.1) is 0 Å². The molecular weight excluding hydrogens is 609 g/mol. The molecule has 3 heterocycles. The number of hydrogen-bond donors (Lipinski definition) is 2. The van der Waals surface area contributed by atoms with Crippen LogP contribution < -0.4 is 15.2 Å². The van der Waals surface area contributed by atoms with Gasteiger partial charge in [-0.15, -0.1) is 0 Å². The highest BCUT2D eigenvalue weighted by Gasteiger charge is 2.45. The number of ether oxygens (including phenoxy) is 1.